The van der Waals surface area contributed by atoms with Gasteiger partial charge in [0.15, 0.2) is 0 Å². The Morgan fingerprint density at radius 2 is 1.76 bits per heavy atom. The molecule has 1 aliphatic heterocycles. The number of aromatic nitrogens is 3. The number of nitrogens with one attached hydrogen (secondary N) is 2. The van der Waals surface area contributed by atoms with Gasteiger partial charge in [0.25, 0.3) is 0 Å². The van der Waals surface area contributed by atoms with Crippen molar-refractivity contribution >= 4 is 27.6 Å². The van der Waals surface area contributed by atoms with Gasteiger partial charge in [0.05, 0.1) is 29.3 Å². The van der Waals surface area contributed by atoms with Crippen molar-refractivity contribution in [3.8, 4) is 22.7 Å². The molecule has 0 unspecified atom stereocenters. The van der Waals surface area contributed by atoms with Crippen LogP contribution in [0, 0.1) is 0 Å². The van der Waals surface area contributed by atoms with Crippen LogP contribution in [0.3, 0.4) is 0 Å². The summed E-state index contributed by atoms with van der Waals surface area (Å²) in [6.45, 7) is 2.11. The standard InChI is InChI=1S/C28H27N5O/c1-34-23-9-5-19(6-10-23)21-7-11-26-25(17-21)30-18-33(26)27-12-8-20-3-2-4-24(28(20)32-27)31-22-13-15-29-16-14-22/h2-12,17-18,22,29,31H,13-16H2,1H3. The summed E-state index contributed by atoms with van der Waals surface area (Å²) >= 11 is 0. The molecular formula is C28H27N5O. The third-order valence-corrected chi connectivity index (χ3v) is 6.62. The van der Waals surface area contributed by atoms with Crippen LogP contribution in [0.2, 0.25) is 0 Å². The average Bonchev–Trinajstić information content (AvgIpc) is 3.33. The maximum atomic E-state index is 5.28. The van der Waals surface area contributed by atoms with E-state index < -0.39 is 0 Å². The zero-order valence-electron chi connectivity index (χ0n) is 19.2. The lowest BCUT2D eigenvalue weighted by molar-refractivity contribution is 0.415. The molecule has 0 radical (unpaired) electrons. The summed E-state index contributed by atoms with van der Waals surface area (Å²) in [7, 11) is 1.68. The van der Waals surface area contributed by atoms with E-state index in [1.165, 1.54) is 0 Å². The molecule has 2 N–H and O–H groups in total. The molecule has 0 aliphatic carbocycles. The van der Waals surface area contributed by atoms with E-state index in [-0.39, 0.29) is 0 Å². The minimum Gasteiger partial charge on any atom is -0.497 e. The summed E-state index contributed by atoms with van der Waals surface area (Å²) in [6, 6.07) is 25.5. The number of methoxy groups -OCH3 is 1. The van der Waals surface area contributed by atoms with Crippen molar-refractivity contribution in [1.82, 2.24) is 19.9 Å². The molecule has 6 heteroatoms. The number of rotatable bonds is 5. The first-order valence-electron chi connectivity index (χ1n) is 11.8. The molecule has 6 rings (SSSR count). The minimum absolute atomic E-state index is 0.475. The van der Waals surface area contributed by atoms with Crippen LogP contribution in [0.5, 0.6) is 5.75 Å². The van der Waals surface area contributed by atoms with Gasteiger partial charge in [-0.25, -0.2) is 9.97 Å². The Bertz CT molecular complexity index is 1450. The van der Waals surface area contributed by atoms with Crippen molar-refractivity contribution in [2.75, 3.05) is 25.5 Å². The van der Waals surface area contributed by atoms with Crippen LogP contribution < -0.4 is 15.4 Å². The van der Waals surface area contributed by atoms with Gasteiger partial charge in [-0.05, 0) is 79.5 Å². The first kappa shape index (κ1) is 20.7. The maximum Gasteiger partial charge on any atom is 0.139 e. The normalized spacial score (nSPS) is 14.5. The topological polar surface area (TPSA) is 64.0 Å². The number of anilines is 1. The first-order valence-corrected chi connectivity index (χ1v) is 11.8. The largest absolute Gasteiger partial charge is 0.497 e. The fraction of sp³-hybridized carbons (Fsp3) is 0.214. The molecule has 3 aromatic carbocycles. The molecule has 6 nitrogen and oxygen atoms in total. The van der Waals surface area contributed by atoms with Crippen molar-refractivity contribution in [3.63, 3.8) is 0 Å². The summed E-state index contributed by atoms with van der Waals surface area (Å²) in [5.41, 5.74) is 6.33. The zero-order valence-corrected chi connectivity index (χ0v) is 19.2. The second-order valence-corrected chi connectivity index (χ2v) is 8.76. The summed E-state index contributed by atoms with van der Waals surface area (Å²) in [4.78, 5) is 9.75. The Hall–Kier alpha value is -3.90. The molecule has 2 aromatic heterocycles. The van der Waals surface area contributed by atoms with Gasteiger partial charge >= 0.3 is 0 Å². The smallest absolute Gasteiger partial charge is 0.139 e. The summed E-state index contributed by atoms with van der Waals surface area (Å²) in [5.74, 6) is 1.72. The Balaban J connectivity index is 1.36. The Kier molecular flexibility index (Phi) is 5.35. The van der Waals surface area contributed by atoms with Crippen LogP contribution in [0.1, 0.15) is 12.8 Å². The fourth-order valence-corrected chi connectivity index (χ4v) is 4.73. The molecule has 1 aliphatic rings. The van der Waals surface area contributed by atoms with Gasteiger partial charge in [0.1, 0.15) is 17.9 Å². The molecule has 1 saturated heterocycles. The second-order valence-electron chi connectivity index (χ2n) is 8.76. The van der Waals surface area contributed by atoms with E-state index in [0.717, 1.165) is 76.2 Å². The van der Waals surface area contributed by atoms with Gasteiger partial charge in [-0.2, -0.15) is 0 Å². The van der Waals surface area contributed by atoms with E-state index in [1.54, 1.807) is 7.11 Å². The molecule has 3 heterocycles. The SMILES string of the molecule is COc1ccc(-c2ccc3c(c2)ncn3-c2ccc3cccc(NC4CCNCC4)c3n2)cc1. The predicted octanol–water partition coefficient (Wildman–Crippen LogP) is 5.41. The number of imidazole rings is 1. The highest BCUT2D eigenvalue weighted by Gasteiger charge is 2.15. The fourth-order valence-electron chi connectivity index (χ4n) is 4.73. The third-order valence-electron chi connectivity index (χ3n) is 6.62. The van der Waals surface area contributed by atoms with Gasteiger partial charge < -0.3 is 15.4 Å². The highest BCUT2D eigenvalue weighted by atomic mass is 16.5. The maximum absolute atomic E-state index is 5.28. The number of para-hydroxylation sites is 1. The van der Waals surface area contributed by atoms with Crippen molar-refractivity contribution in [1.29, 1.82) is 0 Å². The molecule has 1 fully saturated rings. The lowest BCUT2D eigenvalue weighted by Gasteiger charge is -2.25. The number of piperidine rings is 1. The van der Waals surface area contributed by atoms with E-state index >= 15 is 0 Å². The van der Waals surface area contributed by atoms with Crippen LogP contribution in [0.4, 0.5) is 5.69 Å². The number of nitrogens with zero attached hydrogens (tertiary/aromatic N) is 3. The number of ether oxygens (including phenoxy) is 1. The molecule has 0 bridgehead atoms. The predicted molar refractivity (Wildman–Crippen MR) is 138 cm³/mol. The van der Waals surface area contributed by atoms with E-state index in [1.807, 2.05) is 18.5 Å². The number of hydrogen-bond donors (Lipinski definition) is 2. The molecule has 0 atom stereocenters. The number of hydrogen-bond acceptors (Lipinski definition) is 5. The summed E-state index contributed by atoms with van der Waals surface area (Å²) in [5, 5.41) is 8.29. The van der Waals surface area contributed by atoms with E-state index in [2.05, 4.69) is 80.8 Å². The van der Waals surface area contributed by atoms with Gasteiger partial charge in [0, 0.05) is 11.4 Å². The number of fused-ring (bicyclic) bond motifs is 2. The number of benzene rings is 3. The van der Waals surface area contributed by atoms with E-state index in [9.17, 15) is 0 Å². The first-order chi connectivity index (χ1) is 16.8. The quantitative estimate of drug-likeness (QED) is 0.375. The number of pyridine rings is 1. The van der Waals surface area contributed by atoms with Crippen LogP contribution in [-0.2, 0) is 0 Å². The Morgan fingerprint density at radius 1 is 0.941 bits per heavy atom. The summed E-state index contributed by atoms with van der Waals surface area (Å²) < 4.78 is 7.34. The highest BCUT2D eigenvalue weighted by molar-refractivity contribution is 5.91. The van der Waals surface area contributed by atoms with Gasteiger partial charge in [-0.3, -0.25) is 4.57 Å². The van der Waals surface area contributed by atoms with Gasteiger partial charge in [0.2, 0.25) is 0 Å². The van der Waals surface area contributed by atoms with Crippen LogP contribution >= 0.6 is 0 Å². The van der Waals surface area contributed by atoms with E-state index in [4.69, 9.17) is 9.72 Å². The lowest BCUT2D eigenvalue weighted by atomic mass is 10.0. The monoisotopic (exact) mass is 449 g/mol. The highest BCUT2D eigenvalue weighted by Crippen LogP contribution is 2.29. The minimum atomic E-state index is 0.475. The molecule has 5 aromatic rings. The van der Waals surface area contributed by atoms with Gasteiger partial charge in [-0.1, -0.05) is 30.3 Å². The van der Waals surface area contributed by atoms with Crippen LogP contribution in [-0.4, -0.2) is 40.8 Å². The lowest BCUT2D eigenvalue weighted by Crippen LogP contribution is -2.35. The van der Waals surface area contributed by atoms with Gasteiger partial charge in [-0.15, -0.1) is 0 Å². The molecule has 0 saturated carbocycles. The average molecular weight is 450 g/mol. The van der Waals surface area contributed by atoms with Crippen LogP contribution in [0.15, 0.2) is 79.1 Å². The summed E-state index contributed by atoms with van der Waals surface area (Å²) in [6.07, 6.45) is 4.11. The second kappa shape index (κ2) is 8.80. The van der Waals surface area contributed by atoms with Crippen molar-refractivity contribution in [3.05, 3.63) is 79.1 Å². The zero-order chi connectivity index (χ0) is 22.9. The third kappa shape index (κ3) is 3.86. The molecule has 170 valence electrons. The van der Waals surface area contributed by atoms with E-state index in [0.29, 0.717) is 6.04 Å². The van der Waals surface area contributed by atoms with Crippen molar-refractivity contribution in [2.45, 2.75) is 18.9 Å². The molecule has 0 amide bonds. The van der Waals surface area contributed by atoms with Crippen molar-refractivity contribution < 1.29 is 4.74 Å². The molecule has 34 heavy (non-hydrogen) atoms. The Morgan fingerprint density at radius 3 is 2.59 bits per heavy atom. The van der Waals surface area contributed by atoms with Crippen LogP contribution in [0.25, 0.3) is 38.9 Å². The molecular weight excluding hydrogens is 422 g/mol. The molecule has 0 spiro atoms. The Labute approximate surface area is 198 Å². The van der Waals surface area contributed by atoms with Crippen molar-refractivity contribution in [2.24, 2.45) is 0 Å².